The monoisotopic (exact) mass is 333 g/mol. The van der Waals surface area contributed by atoms with Crippen LogP contribution in [0, 0.1) is 11.8 Å². The molecule has 0 saturated carbocycles. The van der Waals surface area contributed by atoms with Gasteiger partial charge in [-0.3, -0.25) is 4.99 Å². The maximum Gasteiger partial charge on any atom is 0.0334 e. The van der Waals surface area contributed by atoms with Crippen LogP contribution in [0.1, 0.15) is 105 Å². The van der Waals surface area contributed by atoms with Gasteiger partial charge in [-0.25, -0.2) is 0 Å². The first-order valence-corrected chi connectivity index (χ1v) is 10.4. The van der Waals surface area contributed by atoms with E-state index in [-0.39, 0.29) is 0 Å². The minimum atomic E-state index is 0.747. The lowest BCUT2D eigenvalue weighted by Gasteiger charge is -2.24. The normalized spacial score (nSPS) is 15.0. The molecule has 0 fully saturated rings. The van der Waals surface area contributed by atoms with Crippen LogP contribution in [0.15, 0.2) is 28.9 Å². The Morgan fingerprint density at radius 3 is 2.25 bits per heavy atom. The number of nitrogens with zero attached hydrogens (tertiary/aromatic N) is 1. The molecular formula is C23H43N. The first-order valence-electron chi connectivity index (χ1n) is 10.4. The summed E-state index contributed by atoms with van der Waals surface area (Å²) in [5.74, 6) is 1.54. The molecule has 0 heterocycles. The molecular weight excluding hydrogens is 290 g/mol. The van der Waals surface area contributed by atoms with Crippen LogP contribution in [0.2, 0.25) is 0 Å². The van der Waals surface area contributed by atoms with Crippen molar-refractivity contribution in [3.63, 3.8) is 0 Å². The zero-order chi connectivity index (χ0) is 18.2. The van der Waals surface area contributed by atoms with E-state index in [1.807, 2.05) is 6.21 Å². The summed E-state index contributed by atoms with van der Waals surface area (Å²) in [5, 5.41) is 0. The highest BCUT2D eigenvalue weighted by atomic mass is 14.7. The van der Waals surface area contributed by atoms with Crippen molar-refractivity contribution in [2.24, 2.45) is 16.8 Å². The summed E-state index contributed by atoms with van der Waals surface area (Å²) < 4.78 is 0. The maximum atomic E-state index is 4.60. The number of unbranched alkanes of at least 4 members (excludes halogenated alkanes) is 4. The van der Waals surface area contributed by atoms with Gasteiger partial charge in [-0.1, -0.05) is 84.8 Å². The van der Waals surface area contributed by atoms with Crippen LogP contribution in [0.3, 0.4) is 0 Å². The number of rotatable bonds is 15. The smallest absolute Gasteiger partial charge is 0.0334 e. The fourth-order valence-corrected chi connectivity index (χ4v) is 3.17. The minimum Gasteiger partial charge on any atom is -0.262 e. The Kier molecular flexibility index (Phi) is 15.1. The maximum absolute atomic E-state index is 4.60. The van der Waals surface area contributed by atoms with Crippen LogP contribution in [-0.4, -0.2) is 6.21 Å². The van der Waals surface area contributed by atoms with Crippen molar-refractivity contribution in [1.29, 1.82) is 0 Å². The molecule has 0 radical (unpaired) electrons. The Morgan fingerprint density at radius 1 is 0.958 bits per heavy atom. The van der Waals surface area contributed by atoms with Crippen molar-refractivity contribution in [1.82, 2.24) is 0 Å². The van der Waals surface area contributed by atoms with E-state index >= 15 is 0 Å². The second kappa shape index (κ2) is 15.7. The van der Waals surface area contributed by atoms with Crippen LogP contribution < -0.4 is 0 Å². The molecule has 0 saturated heterocycles. The average molecular weight is 334 g/mol. The molecule has 1 nitrogen and oxygen atoms in total. The molecule has 0 rings (SSSR count). The summed E-state index contributed by atoms with van der Waals surface area (Å²) in [6.45, 7) is 15.7. The molecule has 0 aromatic heterocycles. The van der Waals surface area contributed by atoms with E-state index in [0.717, 1.165) is 24.0 Å². The molecule has 0 amide bonds. The highest BCUT2D eigenvalue weighted by molar-refractivity contribution is 5.73. The van der Waals surface area contributed by atoms with Crippen molar-refractivity contribution in [3.8, 4) is 0 Å². The predicted molar refractivity (Wildman–Crippen MR) is 112 cm³/mol. The van der Waals surface area contributed by atoms with E-state index in [1.54, 1.807) is 0 Å². The molecule has 140 valence electrons. The summed E-state index contributed by atoms with van der Waals surface area (Å²) in [4.78, 5) is 4.60. The quantitative estimate of drug-likeness (QED) is 0.212. The fraction of sp³-hybridized carbons (Fsp3) is 0.783. The Bertz CT molecular complexity index is 364. The summed E-state index contributed by atoms with van der Waals surface area (Å²) in [6.07, 6.45) is 18.2. The first kappa shape index (κ1) is 23.1. The van der Waals surface area contributed by atoms with Crippen LogP contribution in [-0.2, 0) is 0 Å². The minimum absolute atomic E-state index is 0.747. The molecule has 0 spiro atoms. The Labute approximate surface area is 152 Å². The average Bonchev–Trinajstić information content (AvgIpc) is 2.56. The highest BCUT2D eigenvalue weighted by Crippen LogP contribution is 2.29. The molecule has 2 atom stereocenters. The summed E-state index contributed by atoms with van der Waals surface area (Å²) >= 11 is 0. The van der Waals surface area contributed by atoms with Crippen molar-refractivity contribution in [3.05, 3.63) is 23.9 Å². The lowest BCUT2D eigenvalue weighted by atomic mass is 9.83. The van der Waals surface area contributed by atoms with Crippen molar-refractivity contribution < 1.29 is 0 Å². The van der Waals surface area contributed by atoms with Crippen LogP contribution in [0.5, 0.6) is 0 Å². The molecule has 0 bridgehead atoms. The van der Waals surface area contributed by atoms with E-state index in [0.29, 0.717) is 0 Å². The number of aliphatic imine (C=N–C) groups is 1. The predicted octanol–water partition coefficient (Wildman–Crippen LogP) is 8.12. The van der Waals surface area contributed by atoms with E-state index < -0.39 is 0 Å². The van der Waals surface area contributed by atoms with E-state index in [9.17, 15) is 0 Å². The standard InChI is InChI=1S/C23H43N/c1-7-10-13-15-21(5)23(16-12-9-3)19-22(6)24-18-17-20(4)14-11-8-2/h17-18,21,23H,6-16,19H2,1-5H3/b20-17+,24-18?. The van der Waals surface area contributed by atoms with Crippen molar-refractivity contribution in [2.75, 3.05) is 0 Å². The van der Waals surface area contributed by atoms with E-state index in [1.165, 1.54) is 69.8 Å². The zero-order valence-electron chi connectivity index (χ0n) is 17.2. The van der Waals surface area contributed by atoms with Gasteiger partial charge in [0.15, 0.2) is 0 Å². The van der Waals surface area contributed by atoms with Crippen LogP contribution >= 0.6 is 0 Å². The fourth-order valence-electron chi connectivity index (χ4n) is 3.17. The zero-order valence-corrected chi connectivity index (χ0v) is 17.2. The Hall–Kier alpha value is -0.850. The molecule has 2 unspecified atom stereocenters. The van der Waals surface area contributed by atoms with Gasteiger partial charge in [0.2, 0.25) is 0 Å². The van der Waals surface area contributed by atoms with Gasteiger partial charge in [-0.15, -0.1) is 0 Å². The lowest BCUT2D eigenvalue weighted by Crippen LogP contribution is -2.12. The summed E-state index contributed by atoms with van der Waals surface area (Å²) in [5.41, 5.74) is 2.47. The SMILES string of the molecule is C=C(CC(CCCC)C(C)CCCCC)N=C/C=C(\C)CCCC. The number of hydrogen-bond donors (Lipinski definition) is 0. The summed E-state index contributed by atoms with van der Waals surface area (Å²) in [7, 11) is 0. The highest BCUT2D eigenvalue weighted by Gasteiger charge is 2.17. The number of allylic oxidation sites excluding steroid dienone is 3. The van der Waals surface area contributed by atoms with E-state index in [2.05, 4.69) is 52.3 Å². The van der Waals surface area contributed by atoms with Gasteiger partial charge >= 0.3 is 0 Å². The molecule has 0 aliphatic rings. The molecule has 0 aliphatic carbocycles. The topological polar surface area (TPSA) is 12.4 Å². The molecule has 24 heavy (non-hydrogen) atoms. The van der Waals surface area contributed by atoms with Gasteiger partial charge in [0, 0.05) is 11.9 Å². The van der Waals surface area contributed by atoms with Crippen LogP contribution in [0.25, 0.3) is 0 Å². The van der Waals surface area contributed by atoms with Gasteiger partial charge in [0.05, 0.1) is 0 Å². The molecule has 0 aromatic carbocycles. The van der Waals surface area contributed by atoms with Gasteiger partial charge < -0.3 is 0 Å². The third-order valence-corrected chi connectivity index (χ3v) is 5.03. The van der Waals surface area contributed by atoms with Gasteiger partial charge in [0.25, 0.3) is 0 Å². The van der Waals surface area contributed by atoms with E-state index in [4.69, 9.17) is 0 Å². The third kappa shape index (κ3) is 12.6. The second-order valence-corrected chi connectivity index (χ2v) is 7.54. The van der Waals surface area contributed by atoms with Crippen molar-refractivity contribution in [2.45, 2.75) is 105 Å². The van der Waals surface area contributed by atoms with Crippen LogP contribution in [0.4, 0.5) is 0 Å². The van der Waals surface area contributed by atoms with Gasteiger partial charge in [-0.2, -0.15) is 0 Å². The molecule has 0 N–H and O–H groups in total. The summed E-state index contributed by atoms with van der Waals surface area (Å²) in [6, 6.07) is 0. The first-order chi connectivity index (χ1) is 11.5. The number of hydrogen-bond acceptors (Lipinski definition) is 1. The van der Waals surface area contributed by atoms with Crippen molar-refractivity contribution >= 4 is 6.21 Å². The van der Waals surface area contributed by atoms with Gasteiger partial charge in [-0.05, 0) is 50.5 Å². The Balaban J connectivity index is 4.46. The molecule has 0 aromatic rings. The second-order valence-electron chi connectivity index (χ2n) is 7.54. The Morgan fingerprint density at radius 2 is 1.62 bits per heavy atom. The van der Waals surface area contributed by atoms with Gasteiger partial charge in [0.1, 0.15) is 0 Å². The largest absolute Gasteiger partial charge is 0.262 e. The molecule has 0 aliphatic heterocycles. The third-order valence-electron chi connectivity index (χ3n) is 5.03. The lowest BCUT2D eigenvalue weighted by molar-refractivity contribution is 0.300. The molecule has 1 heteroatoms.